The van der Waals surface area contributed by atoms with E-state index < -0.39 is 21.9 Å². The zero-order valence-electron chi connectivity index (χ0n) is 9.92. The second-order valence-electron chi connectivity index (χ2n) is 4.08. The Labute approximate surface area is 113 Å². The number of benzene rings is 2. The van der Waals surface area contributed by atoms with Gasteiger partial charge in [0.1, 0.15) is 0 Å². The van der Waals surface area contributed by atoms with Crippen molar-refractivity contribution in [3.63, 3.8) is 0 Å². The van der Waals surface area contributed by atoms with Crippen LogP contribution in [-0.2, 0) is 16.3 Å². The maximum Gasteiger partial charge on any atom is 0.416 e. The summed E-state index contributed by atoms with van der Waals surface area (Å²) in [6, 6.07) is 9.64. The molecule has 1 N–H and O–H groups in total. The van der Waals surface area contributed by atoms with E-state index in [2.05, 4.69) is 0 Å². The minimum atomic E-state index is -4.42. The first-order chi connectivity index (χ1) is 9.18. The minimum absolute atomic E-state index is 0.310. The van der Waals surface area contributed by atoms with E-state index in [1.807, 2.05) is 0 Å². The van der Waals surface area contributed by atoms with Crippen LogP contribution in [0.2, 0.25) is 0 Å². The Balaban J connectivity index is 2.43. The average Bonchev–Trinajstić information content (AvgIpc) is 2.37. The highest BCUT2D eigenvalue weighted by Gasteiger charge is 2.29. The van der Waals surface area contributed by atoms with Gasteiger partial charge in [0.15, 0.2) is 0 Å². The fourth-order valence-electron chi connectivity index (χ4n) is 1.69. The summed E-state index contributed by atoms with van der Waals surface area (Å²) in [4.78, 5) is -0.310. The van der Waals surface area contributed by atoms with Gasteiger partial charge >= 0.3 is 6.18 Å². The van der Waals surface area contributed by atoms with Crippen molar-refractivity contribution in [2.75, 3.05) is 0 Å². The van der Waals surface area contributed by atoms with Crippen molar-refractivity contribution in [3.8, 4) is 11.1 Å². The molecule has 0 unspecified atom stereocenters. The summed E-state index contributed by atoms with van der Waals surface area (Å²) in [5.41, 5.74) is 0.0320. The predicted octanol–water partition coefficient (Wildman–Crippen LogP) is 3.62. The van der Waals surface area contributed by atoms with E-state index in [1.54, 1.807) is 0 Å². The molecule has 2 aromatic rings. The fourth-order valence-corrected chi connectivity index (χ4v) is 2.21. The van der Waals surface area contributed by atoms with Gasteiger partial charge in [-0.3, -0.25) is 4.55 Å². The lowest BCUT2D eigenvalue weighted by atomic mass is 10.0. The largest absolute Gasteiger partial charge is 0.416 e. The second-order valence-corrected chi connectivity index (χ2v) is 5.50. The Kier molecular flexibility index (Phi) is 3.58. The van der Waals surface area contributed by atoms with Gasteiger partial charge in [-0.15, -0.1) is 0 Å². The predicted molar refractivity (Wildman–Crippen MR) is 66.7 cm³/mol. The smallest absolute Gasteiger partial charge is 0.282 e. The zero-order valence-corrected chi connectivity index (χ0v) is 10.7. The van der Waals surface area contributed by atoms with Gasteiger partial charge in [-0.2, -0.15) is 21.6 Å². The molecule has 0 saturated heterocycles. The van der Waals surface area contributed by atoms with Crippen molar-refractivity contribution in [1.82, 2.24) is 0 Å². The molecule has 0 heterocycles. The van der Waals surface area contributed by atoms with Gasteiger partial charge in [-0.05, 0) is 35.4 Å². The highest BCUT2D eigenvalue weighted by atomic mass is 32.2. The minimum Gasteiger partial charge on any atom is -0.282 e. The molecule has 3 nitrogen and oxygen atoms in total. The highest BCUT2D eigenvalue weighted by molar-refractivity contribution is 7.85. The van der Waals surface area contributed by atoms with Crippen LogP contribution < -0.4 is 0 Å². The fraction of sp³-hybridized carbons (Fsp3) is 0.0769. The Morgan fingerprint density at radius 2 is 1.50 bits per heavy atom. The Morgan fingerprint density at radius 1 is 0.900 bits per heavy atom. The van der Waals surface area contributed by atoms with Crippen molar-refractivity contribution < 1.29 is 26.1 Å². The molecule has 0 atom stereocenters. The molecule has 0 amide bonds. The Hall–Kier alpha value is -1.86. The summed E-state index contributed by atoms with van der Waals surface area (Å²) in [6.07, 6.45) is -4.42. The van der Waals surface area contributed by atoms with Gasteiger partial charge in [0.2, 0.25) is 0 Å². The molecule has 0 aliphatic heterocycles. The van der Waals surface area contributed by atoms with Crippen LogP contribution in [-0.4, -0.2) is 13.0 Å². The van der Waals surface area contributed by atoms with Gasteiger partial charge < -0.3 is 0 Å². The van der Waals surface area contributed by atoms with E-state index in [-0.39, 0.29) is 4.90 Å². The van der Waals surface area contributed by atoms with Gasteiger partial charge in [0, 0.05) is 0 Å². The van der Waals surface area contributed by atoms with E-state index in [0.29, 0.717) is 11.1 Å². The molecular formula is C13H9F3O3S. The number of rotatable bonds is 2. The molecule has 2 rings (SSSR count). The highest BCUT2D eigenvalue weighted by Crippen LogP contribution is 2.31. The first kappa shape index (κ1) is 14.5. The molecule has 0 radical (unpaired) electrons. The van der Waals surface area contributed by atoms with Crippen LogP contribution in [0.1, 0.15) is 5.56 Å². The van der Waals surface area contributed by atoms with E-state index in [4.69, 9.17) is 4.55 Å². The van der Waals surface area contributed by atoms with Crippen LogP contribution in [0.5, 0.6) is 0 Å². The molecule has 7 heteroatoms. The Morgan fingerprint density at radius 3 is 2.00 bits per heavy atom. The summed E-state index contributed by atoms with van der Waals surface area (Å²) in [6.45, 7) is 0. The van der Waals surface area contributed by atoms with Crippen LogP contribution in [0.15, 0.2) is 53.4 Å². The van der Waals surface area contributed by atoms with Crippen molar-refractivity contribution in [1.29, 1.82) is 0 Å². The maximum atomic E-state index is 12.4. The molecule has 0 aliphatic carbocycles. The number of alkyl halides is 3. The quantitative estimate of drug-likeness (QED) is 0.862. The SMILES string of the molecule is O=S(=O)(O)c1cccc(-c2ccc(C(F)(F)F)cc2)c1. The number of hydrogen-bond donors (Lipinski definition) is 1. The lowest BCUT2D eigenvalue weighted by Crippen LogP contribution is -2.04. The van der Waals surface area contributed by atoms with Crippen LogP contribution in [0, 0.1) is 0 Å². The average molecular weight is 302 g/mol. The molecule has 2 aromatic carbocycles. The normalized spacial score (nSPS) is 12.4. The molecule has 20 heavy (non-hydrogen) atoms. The van der Waals surface area contributed by atoms with Crippen molar-refractivity contribution >= 4 is 10.1 Å². The molecule has 0 spiro atoms. The van der Waals surface area contributed by atoms with Gasteiger partial charge in [0.25, 0.3) is 10.1 Å². The standard InChI is InChI=1S/C13H9F3O3S/c14-13(15,16)11-6-4-9(5-7-11)10-2-1-3-12(8-10)20(17,18)19/h1-8H,(H,17,18,19). The summed E-state index contributed by atoms with van der Waals surface area (Å²) >= 11 is 0. The van der Waals surface area contributed by atoms with E-state index in [9.17, 15) is 21.6 Å². The summed E-state index contributed by atoms with van der Waals surface area (Å²) in [7, 11) is -4.34. The molecular weight excluding hydrogens is 293 g/mol. The monoisotopic (exact) mass is 302 g/mol. The van der Waals surface area contributed by atoms with Crippen molar-refractivity contribution in [3.05, 3.63) is 54.1 Å². The van der Waals surface area contributed by atoms with Crippen molar-refractivity contribution in [2.24, 2.45) is 0 Å². The van der Waals surface area contributed by atoms with Gasteiger partial charge in [-0.25, -0.2) is 0 Å². The lowest BCUT2D eigenvalue weighted by molar-refractivity contribution is -0.137. The molecule has 0 aliphatic rings. The van der Waals surface area contributed by atoms with Crippen LogP contribution in [0.3, 0.4) is 0 Å². The van der Waals surface area contributed by atoms with E-state index in [0.717, 1.165) is 12.1 Å². The summed E-state index contributed by atoms with van der Waals surface area (Å²) in [5, 5.41) is 0. The number of hydrogen-bond acceptors (Lipinski definition) is 2. The topological polar surface area (TPSA) is 54.4 Å². The van der Waals surface area contributed by atoms with Crippen LogP contribution >= 0.6 is 0 Å². The first-order valence-corrected chi connectivity index (χ1v) is 6.87. The molecule has 0 bridgehead atoms. The van der Waals surface area contributed by atoms with Gasteiger partial charge in [0.05, 0.1) is 10.5 Å². The molecule has 0 aromatic heterocycles. The van der Waals surface area contributed by atoms with Gasteiger partial charge in [-0.1, -0.05) is 24.3 Å². The third kappa shape index (κ3) is 3.17. The van der Waals surface area contributed by atoms with E-state index >= 15 is 0 Å². The second kappa shape index (κ2) is 4.92. The van der Waals surface area contributed by atoms with Crippen LogP contribution in [0.25, 0.3) is 11.1 Å². The first-order valence-electron chi connectivity index (χ1n) is 5.43. The molecule has 106 valence electrons. The molecule has 0 fully saturated rings. The van der Waals surface area contributed by atoms with E-state index in [1.165, 1.54) is 36.4 Å². The third-order valence-electron chi connectivity index (χ3n) is 2.68. The Bertz CT molecular complexity index is 719. The number of halogens is 3. The molecule has 0 saturated carbocycles. The maximum absolute atomic E-state index is 12.4. The zero-order chi connectivity index (χ0) is 15.0. The third-order valence-corrected chi connectivity index (χ3v) is 3.53. The lowest BCUT2D eigenvalue weighted by Gasteiger charge is -2.08. The van der Waals surface area contributed by atoms with Crippen molar-refractivity contribution in [2.45, 2.75) is 11.1 Å². The van der Waals surface area contributed by atoms with Crippen LogP contribution in [0.4, 0.5) is 13.2 Å². The summed E-state index contributed by atoms with van der Waals surface area (Å²) < 4.78 is 68.2. The summed E-state index contributed by atoms with van der Waals surface area (Å²) in [5.74, 6) is 0.